The molecule has 0 aliphatic rings. The molecule has 66 valence electrons. The van der Waals surface area contributed by atoms with E-state index in [1.165, 1.54) is 0 Å². The van der Waals surface area contributed by atoms with Gasteiger partial charge in [-0.15, -0.1) is 0 Å². The number of hydrogen-bond donors (Lipinski definition) is 1. The average molecular weight is 212 g/mol. The topological polar surface area (TPSA) is 15.8 Å². The summed E-state index contributed by atoms with van der Waals surface area (Å²) in [6.45, 7) is 0. The van der Waals surface area contributed by atoms with E-state index in [0.717, 1.165) is 16.3 Å². The third-order valence-corrected chi connectivity index (χ3v) is 2.27. The maximum absolute atomic E-state index is 5.78. The minimum atomic E-state index is 0.713. The van der Waals surface area contributed by atoms with Gasteiger partial charge in [0.2, 0.25) is 0 Å². The van der Waals surface area contributed by atoms with Crippen molar-refractivity contribution in [2.24, 2.45) is 0 Å². The molecule has 13 heavy (non-hydrogen) atoms. The van der Waals surface area contributed by atoms with Crippen molar-refractivity contribution < 1.29 is 0 Å². The summed E-state index contributed by atoms with van der Waals surface area (Å²) in [7, 11) is 0. The summed E-state index contributed by atoms with van der Waals surface area (Å²) >= 11 is 11.6. The average Bonchev–Trinajstić information content (AvgIpc) is 2.53. The standard InChI is InChI=1S/C10H7Cl2N/c11-8-3-1-7(2-4-8)10-5-9(12)6-13-10/h1-6,13H. The molecule has 0 amide bonds. The van der Waals surface area contributed by atoms with Crippen LogP contribution in [-0.2, 0) is 0 Å². The maximum Gasteiger partial charge on any atom is 0.0586 e. The van der Waals surface area contributed by atoms with E-state index in [1.807, 2.05) is 30.3 Å². The first-order valence-corrected chi connectivity index (χ1v) is 4.61. The van der Waals surface area contributed by atoms with Crippen LogP contribution in [0.3, 0.4) is 0 Å². The Hall–Kier alpha value is -0.920. The Morgan fingerprint density at radius 2 is 1.62 bits per heavy atom. The highest BCUT2D eigenvalue weighted by Gasteiger charge is 1.99. The van der Waals surface area contributed by atoms with Gasteiger partial charge in [-0.25, -0.2) is 0 Å². The molecule has 0 saturated carbocycles. The van der Waals surface area contributed by atoms with Crippen molar-refractivity contribution in [1.82, 2.24) is 4.98 Å². The molecule has 2 rings (SSSR count). The van der Waals surface area contributed by atoms with Crippen LogP contribution in [0, 0.1) is 0 Å². The molecule has 2 aromatic rings. The molecule has 3 heteroatoms. The SMILES string of the molecule is Clc1ccc(-c2cc(Cl)c[nH]2)cc1. The van der Waals surface area contributed by atoms with Gasteiger partial charge in [0.05, 0.1) is 5.02 Å². The van der Waals surface area contributed by atoms with Gasteiger partial charge < -0.3 is 4.98 Å². The highest BCUT2D eigenvalue weighted by Crippen LogP contribution is 2.22. The van der Waals surface area contributed by atoms with E-state index < -0.39 is 0 Å². The number of hydrogen-bond acceptors (Lipinski definition) is 0. The lowest BCUT2D eigenvalue weighted by Gasteiger charge is -1.96. The minimum Gasteiger partial charge on any atom is -0.360 e. The van der Waals surface area contributed by atoms with Gasteiger partial charge in [-0.05, 0) is 23.8 Å². The molecule has 1 aromatic carbocycles. The zero-order chi connectivity index (χ0) is 9.26. The number of aromatic amines is 1. The van der Waals surface area contributed by atoms with E-state index in [0.29, 0.717) is 5.02 Å². The number of H-pyrrole nitrogens is 1. The quantitative estimate of drug-likeness (QED) is 0.735. The summed E-state index contributed by atoms with van der Waals surface area (Å²) in [5.74, 6) is 0. The molecule has 1 heterocycles. The van der Waals surface area contributed by atoms with E-state index >= 15 is 0 Å². The Balaban J connectivity index is 2.41. The van der Waals surface area contributed by atoms with Gasteiger partial charge in [0.15, 0.2) is 0 Å². The monoisotopic (exact) mass is 211 g/mol. The summed E-state index contributed by atoms with van der Waals surface area (Å²) in [4.78, 5) is 3.07. The van der Waals surface area contributed by atoms with Gasteiger partial charge in [0, 0.05) is 16.9 Å². The fourth-order valence-electron chi connectivity index (χ4n) is 1.16. The smallest absolute Gasteiger partial charge is 0.0586 e. The first-order chi connectivity index (χ1) is 6.25. The number of rotatable bonds is 1. The number of aromatic nitrogens is 1. The number of halogens is 2. The lowest BCUT2D eigenvalue weighted by atomic mass is 10.2. The van der Waals surface area contributed by atoms with Crippen molar-refractivity contribution in [3.63, 3.8) is 0 Å². The third kappa shape index (κ3) is 1.87. The summed E-state index contributed by atoms with van der Waals surface area (Å²) in [5.41, 5.74) is 2.08. The minimum absolute atomic E-state index is 0.713. The highest BCUT2D eigenvalue weighted by molar-refractivity contribution is 6.31. The molecule has 0 bridgehead atoms. The molecular formula is C10H7Cl2N. The fourth-order valence-corrected chi connectivity index (χ4v) is 1.45. The molecule has 0 fully saturated rings. The lowest BCUT2D eigenvalue weighted by molar-refractivity contribution is 1.40. The number of benzene rings is 1. The first kappa shape index (κ1) is 8.67. The van der Waals surface area contributed by atoms with E-state index in [-0.39, 0.29) is 0 Å². The van der Waals surface area contributed by atoms with Gasteiger partial charge in [0.1, 0.15) is 0 Å². The van der Waals surface area contributed by atoms with Gasteiger partial charge in [-0.1, -0.05) is 35.3 Å². The first-order valence-electron chi connectivity index (χ1n) is 3.85. The molecule has 0 spiro atoms. The van der Waals surface area contributed by atoms with Crippen LogP contribution >= 0.6 is 23.2 Å². The summed E-state index contributed by atoms with van der Waals surface area (Å²) in [5, 5.41) is 1.45. The van der Waals surface area contributed by atoms with Gasteiger partial charge in [-0.3, -0.25) is 0 Å². The normalized spacial score (nSPS) is 10.3. The van der Waals surface area contributed by atoms with E-state index in [1.54, 1.807) is 6.20 Å². The maximum atomic E-state index is 5.78. The van der Waals surface area contributed by atoms with Crippen molar-refractivity contribution in [2.45, 2.75) is 0 Å². The molecular weight excluding hydrogens is 205 g/mol. The zero-order valence-electron chi connectivity index (χ0n) is 6.72. The van der Waals surface area contributed by atoms with Crippen LogP contribution in [0.25, 0.3) is 11.3 Å². The Bertz CT molecular complexity index is 403. The Morgan fingerprint density at radius 1 is 0.923 bits per heavy atom. The van der Waals surface area contributed by atoms with Gasteiger partial charge in [0.25, 0.3) is 0 Å². The van der Waals surface area contributed by atoms with Crippen molar-refractivity contribution in [3.05, 3.63) is 46.6 Å². The second kappa shape index (κ2) is 3.44. The van der Waals surface area contributed by atoms with Crippen LogP contribution in [0.2, 0.25) is 10.0 Å². The second-order valence-corrected chi connectivity index (χ2v) is 3.61. The molecule has 0 saturated heterocycles. The molecule has 1 N–H and O–H groups in total. The summed E-state index contributed by atoms with van der Waals surface area (Å²) in [6, 6.07) is 9.48. The molecule has 0 unspecified atom stereocenters. The predicted molar refractivity (Wildman–Crippen MR) is 56.2 cm³/mol. The van der Waals surface area contributed by atoms with Crippen molar-refractivity contribution >= 4 is 23.2 Å². The summed E-state index contributed by atoms with van der Waals surface area (Å²) < 4.78 is 0. The van der Waals surface area contributed by atoms with Gasteiger partial charge in [-0.2, -0.15) is 0 Å². The Labute approximate surface area is 86.3 Å². The molecule has 0 atom stereocenters. The van der Waals surface area contributed by atoms with Crippen LogP contribution in [0.4, 0.5) is 0 Å². The van der Waals surface area contributed by atoms with E-state index in [2.05, 4.69) is 4.98 Å². The lowest BCUT2D eigenvalue weighted by Crippen LogP contribution is -1.74. The predicted octanol–water partition coefficient (Wildman–Crippen LogP) is 3.99. The largest absolute Gasteiger partial charge is 0.360 e. The highest BCUT2D eigenvalue weighted by atomic mass is 35.5. The number of nitrogens with one attached hydrogen (secondary N) is 1. The van der Waals surface area contributed by atoms with Crippen molar-refractivity contribution in [2.75, 3.05) is 0 Å². The van der Waals surface area contributed by atoms with Crippen molar-refractivity contribution in [1.29, 1.82) is 0 Å². The molecule has 1 nitrogen and oxygen atoms in total. The molecule has 0 aliphatic heterocycles. The van der Waals surface area contributed by atoms with Crippen molar-refractivity contribution in [3.8, 4) is 11.3 Å². The van der Waals surface area contributed by atoms with Crippen LogP contribution in [-0.4, -0.2) is 4.98 Å². The van der Waals surface area contributed by atoms with E-state index in [4.69, 9.17) is 23.2 Å². The molecule has 1 aromatic heterocycles. The third-order valence-electron chi connectivity index (χ3n) is 1.80. The molecule has 0 radical (unpaired) electrons. The summed E-state index contributed by atoms with van der Waals surface area (Å²) in [6.07, 6.45) is 1.76. The Kier molecular flexibility index (Phi) is 2.30. The Morgan fingerprint density at radius 3 is 2.15 bits per heavy atom. The van der Waals surface area contributed by atoms with E-state index in [9.17, 15) is 0 Å². The zero-order valence-corrected chi connectivity index (χ0v) is 8.23. The van der Waals surface area contributed by atoms with Crippen LogP contribution in [0.15, 0.2) is 36.5 Å². The molecule has 0 aliphatic carbocycles. The van der Waals surface area contributed by atoms with Gasteiger partial charge >= 0.3 is 0 Å². The van der Waals surface area contributed by atoms with Crippen LogP contribution in [0.1, 0.15) is 0 Å². The fraction of sp³-hybridized carbons (Fsp3) is 0. The van der Waals surface area contributed by atoms with Crippen LogP contribution < -0.4 is 0 Å². The second-order valence-electron chi connectivity index (χ2n) is 2.74. The van der Waals surface area contributed by atoms with Crippen LogP contribution in [0.5, 0.6) is 0 Å².